The van der Waals surface area contributed by atoms with Crippen molar-refractivity contribution in [3.05, 3.63) is 129 Å². The van der Waals surface area contributed by atoms with Gasteiger partial charge in [0.1, 0.15) is 6.61 Å². The highest BCUT2D eigenvalue weighted by Gasteiger charge is 2.37. The smallest absolute Gasteiger partial charge is 0.180 e. The van der Waals surface area contributed by atoms with Crippen LogP contribution in [0.25, 0.3) is 0 Å². The zero-order valence-electron chi connectivity index (χ0n) is 23.1. The molecule has 208 valence electrons. The molecule has 4 nitrogen and oxygen atoms in total. The second-order valence-corrected chi connectivity index (χ2v) is 11.4. The topological polar surface area (TPSA) is 42.8 Å². The average Bonchev–Trinajstić information content (AvgIpc) is 3.47. The van der Waals surface area contributed by atoms with E-state index in [-0.39, 0.29) is 6.04 Å². The maximum atomic E-state index is 6.64. The number of halogens is 2. The van der Waals surface area contributed by atoms with Gasteiger partial charge in [-0.25, -0.2) is 0 Å². The molecule has 1 aliphatic heterocycles. The van der Waals surface area contributed by atoms with Crippen molar-refractivity contribution in [3.8, 4) is 11.5 Å². The van der Waals surface area contributed by atoms with Crippen molar-refractivity contribution in [1.29, 1.82) is 0 Å². The fourth-order valence-electron chi connectivity index (χ4n) is 5.76. The number of benzene rings is 4. The molecule has 6 heteroatoms. The van der Waals surface area contributed by atoms with Crippen LogP contribution in [0.3, 0.4) is 0 Å². The van der Waals surface area contributed by atoms with Crippen molar-refractivity contribution in [1.82, 2.24) is 0 Å². The van der Waals surface area contributed by atoms with E-state index in [0.717, 1.165) is 23.2 Å². The number of nitrogens with one attached hydrogen (secondary N) is 1. The number of hydrogen-bond donors (Lipinski definition) is 1. The zero-order valence-corrected chi connectivity index (χ0v) is 24.6. The van der Waals surface area contributed by atoms with Gasteiger partial charge in [-0.2, -0.15) is 0 Å². The lowest BCUT2D eigenvalue weighted by atomic mass is 9.76. The molecule has 0 fully saturated rings. The molecule has 4 aromatic rings. The molecule has 1 heterocycles. The van der Waals surface area contributed by atoms with Gasteiger partial charge in [-0.15, -0.1) is 0 Å². The molecule has 2 aliphatic rings. The van der Waals surface area contributed by atoms with Crippen LogP contribution in [0.1, 0.15) is 53.1 Å². The summed E-state index contributed by atoms with van der Waals surface area (Å²) in [5.74, 6) is 2.07. The Labute approximate surface area is 251 Å². The molecule has 0 aromatic heterocycles. The third kappa shape index (κ3) is 6.00. The Morgan fingerprint density at radius 2 is 1.76 bits per heavy atom. The van der Waals surface area contributed by atoms with Crippen molar-refractivity contribution in [2.75, 3.05) is 11.9 Å². The highest BCUT2D eigenvalue weighted by molar-refractivity contribution is 6.32. The molecule has 0 saturated heterocycles. The lowest BCUT2D eigenvalue weighted by Gasteiger charge is -2.37. The van der Waals surface area contributed by atoms with Gasteiger partial charge in [-0.05, 0) is 90.9 Å². The Morgan fingerprint density at radius 1 is 0.951 bits per heavy atom. The van der Waals surface area contributed by atoms with Crippen molar-refractivity contribution < 1.29 is 9.47 Å². The maximum absolute atomic E-state index is 6.64. The normalized spacial score (nSPS) is 19.1. The van der Waals surface area contributed by atoms with Crippen LogP contribution in [0, 0.1) is 12.8 Å². The molecule has 4 aromatic carbocycles. The molecule has 1 N–H and O–H groups in total. The molecular weight excluding hydrogens is 551 g/mol. The minimum absolute atomic E-state index is 0.260. The van der Waals surface area contributed by atoms with Crippen LogP contribution in [-0.4, -0.2) is 12.8 Å². The van der Waals surface area contributed by atoms with E-state index >= 15 is 0 Å². The number of aliphatic imine (C=N–C) groups is 1. The number of anilines is 1. The van der Waals surface area contributed by atoms with Crippen molar-refractivity contribution in [3.63, 3.8) is 0 Å². The molecule has 0 radical (unpaired) electrons. The molecule has 0 unspecified atom stereocenters. The van der Waals surface area contributed by atoms with E-state index in [0.29, 0.717) is 46.6 Å². The first kappa shape index (κ1) is 27.4. The van der Waals surface area contributed by atoms with Crippen LogP contribution in [0.5, 0.6) is 11.5 Å². The van der Waals surface area contributed by atoms with Crippen molar-refractivity contribution in [2.24, 2.45) is 10.9 Å². The minimum atomic E-state index is 0.260. The monoisotopic (exact) mass is 582 g/mol. The summed E-state index contributed by atoms with van der Waals surface area (Å²) in [6.07, 6.45) is 7.60. The predicted octanol–water partition coefficient (Wildman–Crippen LogP) is 9.86. The van der Waals surface area contributed by atoms with Gasteiger partial charge in [0.2, 0.25) is 0 Å². The largest absolute Gasteiger partial charge is 0.490 e. The number of ether oxygens (including phenoxy) is 2. The van der Waals surface area contributed by atoms with Gasteiger partial charge in [0, 0.05) is 22.8 Å². The third-order valence-corrected chi connectivity index (χ3v) is 8.29. The van der Waals surface area contributed by atoms with Gasteiger partial charge in [-0.1, -0.05) is 77.3 Å². The van der Waals surface area contributed by atoms with Crippen LogP contribution in [0.4, 0.5) is 11.4 Å². The summed E-state index contributed by atoms with van der Waals surface area (Å²) in [4.78, 5) is 4.72. The SMILES string of the molecule is CCOc1cc(C=Nc2ccc([C@@H]3Nc4ccc(C)cc4[C@@H]4C=CC[C@H]43)cc2)cc(Cl)c1OCc1ccc(Cl)cc1. The summed E-state index contributed by atoms with van der Waals surface area (Å²) >= 11 is 12.6. The number of fused-ring (bicyclic) bond motifs is 3. The standard InChI is InChI=1S/C35H32Cl2N2O2/c1-3-40-33-19-24(18-31(37)35(33)41-21-23-8-12-26(36)13-9-23)20-38-27-14-10-25(11-15-27)34-29-6-4-5-28(29)30-17-22(2)7-16-32(30)39-34/h4-5,7-20,28-29,34,39H,3,6,21H2,1-2H3/t28-,29-,34+/m1/s1. The van der Waals surface area contributed by atoms with Crippen molar-refractivity contribution >= 4 is 40.8 Å². The Morgan fingerprint density at radius 3 is 2.54 bits per heavy atom. The number of hydrogen-bond acceptors (Lipinski definition) is 4. The van der Waals surface area contributed by atoms with Gasteiger partial charge < -0.3 is 14.8 Å². The number of aryl methyl sites for hydroxylation is 1. The third-order valence-electron chi connectivity index (χ3n) is 7.76. The summed E-state index contributed by atoms with van der Waals surface area (Å²) in [6, 6.07) is 26.8. The number of rotatable bonds is 8. The summed E-state index contributed by atoms with van der Waals surface area (Å²) in [5.41, 5.74) is 7.92. The quantitative estimate of drug-likeness (QED) is 0.166. The first-order valence-electron chi connectivity index (χ1n) is 14.0. The number of nitrogens with zero attached hydrogens (tertiary/aromatic N) is 1. The Hall–Kier alpha value is -3.73. The summed E-state index contributed by atoms with van der Waals surface area (Å²) in [5, 5.41) is 4.98. The van der Waals surface area contributed by atoms with Gasteiger partial charge in [-0.3, -0.25) is 4.99 Å². The summed E-state index contributed by atoms with van der Waals surface area (Å²) in [7, 11) is 0. The van der Waals surface area contributed by atoms with E-state index in [2.05, 4.69) is 66.9 Å². The van der Waals surface area contributed by atoms with E-state index in [1.54, 1.807) is 6.21 Å². The molecular formula is C35H32Cl2N2O2. The maximum Gasteiger partial charge on any atom is 0.180 e. The molecule has 0 saturated carbocycles. The lowest BCUT2D eigenvalue weighted by molar-refractivity contribution is 0.269. The van der Waals surface area contributed by atoms with E-state index in [4.69, 9.17) is 37.7 Å². The van der Waals surface area contributed by atoms with Crippen LogP contribution in [-0.2, 0) is 6.61 Å². The first-order valence-corrected chi connectivity index (χ1v) is 14.8. The summed E-state index contributed by atoms with van der Waals surface area (Å²) < 4.78 is 11.9. The Bertz CT molecular complexity index is 1600. The Kier molecular flexibility index (Phi) is 8.04. The van der Waals surface area contributed by atoms with Crippen LogP contribution in [0.15, 0.2) is 96.0 Å². The fourth-order valence-corrected chi connectivity index (χ4v) is 6.16. The van der Waals surface area contributed by atoms with Gasteiger partial charge >= 0.3 is 0 Å². The van der Waals surface area contributed by atoms with E-state index in [9.17, 15) is 0 Å². The molecule has 41 heavy (non-hydrogen) atoms. The number of allylic oxidation sites excluding steroid dienone is 2. The Balaban J connectivity index is 1.17. The van der Waals surface area contributed by atoms with Crippen LogP contribution < -0.4 is 14.8 Å². The van der Waals surface area contributed by atoms with Crippen LogP contribution >= 0.6 is 23.2 Å². The van der Waals surface area contributed by atoms with E-state index in [1.807, 2.05) is 43.3 Å². The zero-order chi connectivity index (χ0) is 28.3. The van der Waals surface area contributed by atoms with Gasteiger partial charge in [0.25, 0.3) is 0 Å². The second-order valence-electron chi connectivity index (χ2n) is 10.6. The molecule has 6 rings (SSSR count). The average molecular weight is 584 g/mol. The van der Waals surface area contributed by atoms with Gasteiger partial charge in [0.05, 0.1) is 23.4 Å². The van der Waals surface area contributed by atoms with Crippen molar-refractivity contribution in [2.45, 2.75) is 38.8 Å². The fraction of sp³-hybridized carbons (Fsp3) is 0.229. The molecule has 1 aliphatic carbocycles. The second kappa shape index (κ2) is 12.0. The minimum Gasteiger partial charge on any atom is -0.490 e. The van der Waals surface area contributed by atoms with E-state index < -0.39 is 0 Å². The van der Waals surface area contributed by atoms with Gasteiger partial charge in [0.15, 0.2) is 11.5 Å². The van der Waals surface area contributed by atoms with E-state index in [1.165, 1.54) is 22.4 Å². The molecule has 0 amide bonds. The highest BCUT2D eigenvalue weighted by atomic mass is 35.5. The lowest BCUT2D eigenvalue weighted by Crippen LogP contribution is -2.29. The highest BCUT2D eigenvalue weighted by Crippen LogP contribution is 2.50. The molecule has 0 bridgehead atoms. The first-order chi connectivity index (χ1) is 20.0. The summed E-state index contributed by atoms with van der Waals surface area (Å²) in [6.45, 7) is 4.95. The molecule has 3 atom stereocenters. The molecule has 0 spiro atoms. The van der Waals surface area contributed by atoms with Crippen LogP contribution in [0.2, 0.25) is 10.0 Å². The predicted molar refractivity (Wildman–Crippen MR) is 170 cm³/mol.